The van der Waals surface area contributed by atoms with E-state index in [4.69, 9.17) is 9.97 Å². The summed E-state index contributed by atoms with van der Waals surface area (Å²) in [5, 5.41) is 13.1. The van der Waals surface area contributed by atoms with E-state index in [1.165, 1.54) is 11.8 Å². The molecule has 0 bridgehead atoms. The minimum Gasteiger partial charge on any atom is -0.269 e. The summed E-state index contributed by atoms with van der Waals surface area (Å²) in [4.78, 5) is 10.7. The van der Waals surface area contributed by atoms with E-state index in [9.17, 15) is 0 Å². The van der Waals surface area contributed by atoms with E-state index in [0.29, 0.717) is 0 Å². The van der Waals surface area contributed by atoms with Crippen molar-refractivity contribution in [2.75, 3.05) is 0 Å². The quantitative estimate of drug-likeness (QED) is 0.231. The van der Waals surface area contributed by atoms with Gasteiger partial charge < -0.3 is 0 Å². The summed E-state index contributed by atoms with van der Waals surface area (Å²) in [6.45, 7) is 2.03. The Morgan fingerprint density at radius 1 is 0.743 bits per heavy atom. The zero-order valence-corrected chi connectivity index (χ0v) is 21.1. The molecule has 6 aromatic rings. The van der Waals surface area contributed by atoms with Gasteiger partial charge in [-0.1, -0.05) is 78.9 Å². The Kier molecular flexibility index (Phi) is 5.99. The first-order chi connectivity index (χ1) is 17.3. The number of nitrogens with zero attached hydrogens (tertiary/aromatic N) is 5. The van der Waals surface area contributed by atoms with Crippen LogP contribution in [0.25, 0.3) is 38.2 Å². The molecule has 6 rings (SSSR count). The highest BCUT2D eigenvalue weighted by molar-refractivity contribution is 8.00. The normalized spacial score (nSPS) is 11.1. The molecular weight excluding hydrogens is 491 g/mol. The van der Waals surface area contributed by atoms with Crippen molar-refractivity contribution in [3.8, 4) is 38.2 Å². The third kappa shape index (κ3) is 4.43. The summed E-state index contributed by atoms with van der Waals surface area (Å²) in [6.07, 6.45) is 0. The van der Waals surface area contributed by atoms with Crippen LogP contribution in [0.2, 0.25) is 0 Å². The topological polar surface area (TPSA) is 56.5 Å². The van der Waals surface area contributed by atoms with Crippen LogP contribution >= 0.6 is 34.4 Å². The molecule has 0 aliphatic carbocycles. The molecule has 3 aromatic carbocycles. The lowest BCUT2D eigenvalue weighted by atomic mass is 10.2. The third-order valence-corrected chi connectivity index (χ3v) is 8.49. The molecule has 3 aromatic heterocycles. The Morgan fingerprint density at radius 2 is 1.40 bits per heavy atom. The molecule has 35 heavy (non-hydrogen) atoms. The Labute approximate surface area is 215 Å². The lowest BCUT2D eigenvalue weighted by Gasteiger charge is -2.08. The first-order valence-corrected chi connectivity index (χ1v) is 13.5. The fourth-order valence-corrected chi connectivity index (χ4v) is 6.55. The maximum Gasteiger partial charge on any atom is 0.203 e. The average Bonchev–Trinajstić information content (AvgIpc) is 3.64. The molecule has 0 fully saturated rings. The largest absolute Gasteiger partial charge is 0.269 e. The van der Waals surface area contributed by atoms with Crippen molar-refractivity contribution in [2.24, 2.45) is 0 Å². The second-order valence-corrected chi connectivity index (χ2v) is 10.8. The van der Waals surface area contributed by atoms with Crippen LogP contribution in [0.1, 0.15) is 5.69 Å². The van der Waals surface area contributed by atoms with Crippen molar-refractivity contribution in [2.45, 2.75) is 16.4 Å². The Hall–Kier alpha value is -3.59. The predicted molar refractivity (Wildman–Crippen MR) is 144 cm³/mol. The van der Waals surface area contributed by atoms with Gasteiger partial charge in [0, 0.05) is 22.2 Å². The summed E-state index contributed by atoms with van der Waals surface area (Å²) >= 11 is 4.78. The molecule has 0 N–H and O–H groups in total. The molecule has 0 radical (unpaired) electrons. The molecule has 170 valence electrons. The number of hydrogen-bond donors (Lipinski definition) is 0. The summed E-state index contributed by atoms with van der Waals surface area (Å²) in [6, 6.07) is 30.7. The lowest BCUT2D eigenvalue weighted by molar-refractivity contribution is 0.885. The molecule has 0 aliphatic heterocycles. The fourth-order valence-electron chi connectivity index (χ4n) is 3.72. The molecule has 0 saturated carbocycles. The Bertz CT molecular complexity index is 1570. The first-order valence-electron chi connectivity index (χ1n) is 11.0. The summed E-state index contributed by atoms with van der Waals surface area (Å²) in [7, 11) is 0. The van der Waals surface area contributed by atoms with E-state index in [1.54, 1.807) is 22.7 Å². The van der Waals surface area contributed by atoms with Gasteiger partial charge in [0.2, 0.25) is 5.16 Å². The minimum atomic E-state index is 0.772. The van der Waals surface area contributed by atoms with E-state index >= 15 is 0 Å². The maximum atomic E-state index is 4.84. The fraction of sp³-hybridized carbons (Fsp3) is 0.0370. The van der Waals surface area contributed by atoms with E-state index in [1.807, 2.05) is 61.5 Å². The zero-order chi connectivity index (χ0) is 23.6. The van der Waals surface area contributed by atoms with Crippen LogP contribution < -0.4 is 0 Å². The Balaban J connectivity index is 1.41. The van der Waals surface area contributed by atoms with Gasteiger partial charge in [-0.2, -0.15) is 0 Å². The predicted octanol–water partition coefficient (Wildman–Crippen LogP) is 7.64. The monoisotopic (exact) mass is 509 g/mol. The van der Waals surface area contributed by atoms with Crippen LogP contribution in [0.15, 0.2) is 106 Å². The second kappa shape index (κ2) is 9.58. The molecule has 0 unspecified atom stereocenters. The SMILES string of the molecule is Cc1nc(-c2ccccc2)sc1-c1nnc(Sc2nc(-c3ccccc3)cs2)n1-c1ccccc1. The molecule has 0 spiro atoms. The molecule has 3 heterocycles. The van der Waals surface area contributed by atoms with E-state index in [0.717, 1.165) is 53.4 Å². The van der Waals surface area contributed by atoms with E-state index < -0.39 is 0 Å². The number of para-hydroxylation sites is 1. The lowest BCUT2D eigenvalue weighted by Crippen LogP contribution is -1.99. The number of aryl methyl sites for hydroxylation is 1. The molecule has 0 aliphatic rings. The van der Waals surface area contributed by atoms with Crippen molar-refractivity contribution in [1.29, 1.82) is 0 Å². The average molecular weight is 510 g/mol. The van der Waals surface area contributed by atoms with Gasteiger partial charge in [-0.25, -0.2) is 9.97 Å². The highest BCUT2D eigenvalue weighted by Crippen LogP contribution is 2.39. The number of aromatic nitrogens is 5. The summed E-state index contributed by atoms with van der Waals surface area (Å²) < 4.78 is 3.02. The molecule has 0 saturated heterocycles. The van der Waals surface area contributed by atoms with Crippen LogP contribution in [-0.4, -0.2) is 24.7 Å². The molecule has 0 amide bonds. The van der Waals surface area contributed by atoms with Gasteiger partial charge in [0.05, 0.1) is 16.3 Å². The minimum absolute atomic E-state index is 0.772. The van der Waals surface area contributed by atoms with Crippen molar-refractivity contribution in [3.05, 3.63) is 102 Å². The second-order valence-electron chi connectivity index (χ2n) is 7.74. The molecule has 0 atom stereocenters. The zero-order valence-electron chi connectivity index (χ0n) is 18.7. The van der Waals surface area contributed by atoms with Gasteiger partial charge >= 0.3 is 0 Å². The molecular formula is C27H19N5S3. The van der Waals surface area contributed by atoms with Crippen molar-refractivity contribution in [3.63, 3.8) is 0 Å². The van der Waals surface area contributed by atoms with Gasteiger partial charge in [0.25, 0.3) is 0 Å². The van der Waals surface area contributed by atoms with Crippen LogP contribution in [0.4, 0.5) is 0 Å². The van der Waals surface area contributed by atoms with Crippen LogP contribution in [0.5, 0.6) is 0 Å². The number of thiazole rings is 2. The molecule has 5 nitrogen and oxygen atoms in total. The first kappa shape index (κ1) is 21.9. The standard InChI is InChI=1S/C27H19N5S3/c1-18-23(34-25(28-18)20-13-7-3-8-14-20)24-30-31-26(32(24)21-15-9-4-10-16-21)35-27-29-22(17-33-27)19-11-5-2-6-12-19/h2-17H,1H3. The smallest absolute Gasteiger partial charge is 0.203 e. The van der Waals surface area contributed by atoms with Crippen molar-refractivity contribution < 1.29 is 0 Å². The molecule has 8 heteroatoms. The third-order valence-electron chi connectivity index (χ3n) is 5.40. The number of rotatable bonds is 6. The van der Waals surface area contributed by atoms with E-state index in [2.05, 4.69) is 56.5 Å². The van der Waals surface area contributed by atoms with Gasteiger partial charge in [-0.15, -0.1) is 32.9 Å². The summed E-state index contributed by atoms with van der Waals surface area (Å²) in [5.74, 6) is 0.788. The van der Waals surface area contributed by atoms with Crippen LogP contribution in [0, 0.1) is 6.92 Å². The highest BCUT2D eigenvalue weighted by atomic mass is 32.2. The van der Waals surface area contributed by atoms with Crippen molar-refractivity contribution >= 4 is 34.4 Å². The van der Waals surface area contributed by atoms with Gasteiger partial charge in [0.15, 0.2) is 10.2 Å². The van der Waals surface area contributed by atoms with Crippen LogP contribution in [-0.2, 0) is 0 Å². The highest BCUT2D eigenvalue weighted by Gasteiger charge is 2.22. The van der Waals surface area contributed by atoms with Crippen LogP contribution in [0.3, 0.4) is 0 Å². The van der Waals surface area contributed by atoms with Gasteiger partial charge in [-0.3, -0.25) is 4.57 Å². The summed E-state index contributed by atoms with van der Waals surface area (Å²) in [5.41, 5.74) is 5.12. The Morgan fingerprint density at radius 3 is 2.11 bits per heavy atom. The van der Waals surface area contributed by atoms with E-state index in [-0.39, 0.29) is 0 Å². The number of hydrogen-bond acceptors (Lipinski definition) is 7. The maximum absolute atomic E-state index is 4.84. The number of benzene rings is 3. The van der Waals surface area contributed by atoms with Gasteiger partial charge in [0.1, 0.15) is 5.01 Å². The van der Waals surface area contributed by atoms with Crippen molar-refractivity contribution in [1.82, 2.24) is 24.7 Å². The van der Waals surface area contributed by atoms with Gasteiger partial charge in [-0.05, 0) is 30.8 Å².